The molecule has 0 aliphatic carbocycles. The quantitative estimate of drug-likeness (QED) is 0.906. The largest absolute Gasteiger partial charge is 0.433 e. The number of rotatable bonds is 2. The summed E-state index contributed by atoms with van der Waals surface area (Å²) in [6.45, 7) is 6.86. The minimum absolute atomic E-state index is 0.347. The third-order valence-electron chi connectivity index (χ3n) is 3.64. The monoisotopic (exact) mass is 287 g/mol. The SMILES string of the molecule is CC(C)C1CN(c2ccc(C(F)(F)F)nc2)CCCN1. The van der Waals surface area contributed by atoms with Crippen molar-refractivity contribution in [2.24, 2.45) is 5.92 Å². The third kappa shape index (κ3) is 3.62. The minimum Gasteiger partial charge on any atom is -0.369 e. The minimum atomic E-state index is -4.38. The molecule has 1 fully saturated rings. The van der Waals surface area contributed by atoms with Crippen molar-refractivity contribution in [2.75, 3.05) is 24.5 Å². The fourth-order valence-electron chi connectivity index (χ4n) is 2.37. The maximum absolute atomic E-state index is 12.5. The number of aromatic nitrogens is 1. The first-order valence-corrected chi connectivity index (χ1v) is 6.89. The summed E-state index contributed by atoms with van der Waals surface area (Å²) in [6.07, 6.45) is -2.07. The van der Waals surface area contributed by atoms with Crippen LogP contribution in [-0.2, 0) is 6.18 Å². The molecule has 1 aromatic heterocycles. The van der Waals surface area contributed by atoms with Gasteiger partial charge in [0.1, 0.15) is 5.69 Å². The first-order chi connectivity index (χ1) is 9.38. The van der Waals surface area contributed by atoms with Gasteiger partial charge in [0.25, 0.3) is 0 Å². The Kier molecular flexibility index (Phi) is 4.52. The summed E-state index contributed by atoms with van der Waals surface area (Å²) in [6, 6.07) is 2.91. The number of hydrogen-bond donors (Lipinski definition) is 1. The van der Waals surface area contributed by atoms with Gasteiger partial charge in [0.15, 0.2) is 0 Å². The Morgan fingerprint density at radius 3 is 2.65 bits per heavy atom. The zero-order chi connectivity index (χ0) is 14.8. The fourth-order valence-corrected chi connectivity index (χ4v) is 2.37. The smallest absolute Gasteiger partial charge is 0.369 e. The van der Waals surface area contributed by atoms with Gasteiger partial charge in [-0.2, -0.15) is 13.2 Å². The van der Waals surface area contributed by atoms with Crippen LogP contribution in [0, 0.1) is 5.92 Å². The average molecular weight is 287 g/mol. The zero-order valence-electron chi connectivity index (χ0n) is 11.7. The van der Waals surface area contributed by atoms with Crippen LogP contribution in [0.3, 0.4) is 0 Å². The second-order valence-electron chi connectivity index (χ2n) is 5.50. The molecule has 6 heteroatoms. The van der Waals surface area contributed by atoms with Crippen LogP contribution in [0.25, 0.3) is 0 Å². The number of alkyl halides is 3. The molecule has 0 bridgehead atoms. The summed E-state index contributed by atoms with van der Waals surface area (Å²) in [7, 11) is 0. The number of hydrogen-bond acceptors (Lipinski definition) is 3. The number of nitrogens with one attached hydrogen (secondary N) is 1. The molecule has 0 amide bonds. The van der Waals surface area contributed by atoms with E-state index in [0.717, 1.165) is 37.8 Å². The lowest BCUT2D eigenvalue weighted by Gasteiger charge is -2.28. The van der Waals surface area contributed by atoms with Crippen LogP contribution in [0.4, 0.5) is 18.9 Å². The van der Waals surface area contributed by atoms with E-state index < -0.39 is 11.9 Å². The van der Waals surface area contributed by atoms with Crippen molar-refractivity contribution >= 4 is 5.69 Å². The van der Waals surface area contributed by atoms with Gasteiger partial charge in [0, 0.05) is 19.1 Å². The number of anilines is 1. The van der Waals surface area contributed by atoms with Gasteiger partial charge < -0.3 is 10.2 Å². The summed E-state index contributed by atoms with van der Waals surface area (Å²) in [5, 5.41) is 3.47. The summed E-state index contributed by atoms with van der Waals surface area (Å²) >= 11 is 0. The highest BCUT2D eigenvalue weighted by atomic mass is 19.4. The summed E-state index contributed by atoms with van der Waals surface area (Å²) in [5.41, 5.74) is -0.0815. The van der Waals surface area contributed by atoms with Gasteiger partial charge in [-0.05, 0) is 31.0 Å². The lowest BCUT2D eigenvalue weighted by molar-refractivity contribution is -0.141. The number of pyridine rings is 1. The Morgan fingerprint density at radius 1 is 1.35 bits per heavy atom. The molecule has 112 valence electrons. The van der Waals surface area contributed by atoms with Crippen LogP contribution < -0.4 is 10.2 Å². The van der Waals surface area contributed by atoms with Crippen LogP contribution >= 0.6 is 0 Å². The van der Waals surface area contributed by atoms with Gasteiger partial charge in [0.2, 0.25) is 0 Å². The average Bonchev–Trinajstić information content (AvgIpc) is 2.63. The maximum atomic E-state index is 12.5. The van der Waals surface area contributed by atoms with Gasteiger partial charge in [0.05, 0.1) is 11.9 Å². The number of halogens is 3. The van der Waals surface area contributed by atoms with Crippen LogP contribution in [0.1, 0.15) is 26.0 Å². The topological polar surface area (TPSA) is 28.2 Å². The van der Waals surface area contributed by atoms with Crippen LogP contribution in [-0.4, -0.2) is 30.7 Å². The normalized spacial score (nSPS) is 21.1. The molecule has 0 aromatic carbocycles. The van der Waals surface area contributed by atoms with E-state index in [1.807, 2.05) is 0 Å². The molecule has 1 aromatic rings. The molecule has 20 heavy (non-hydrogen) atoms. The predicted molar refractivity (Wildman–Crippen MR) is 72.7 cm³/mol. The Bertz CT molecular complexity index is 428. The molecule has 1 aliphatic heterocycles. The molecule has 1 saturated heterocycles. The summed E-state index contributed by atoms with van der Waals surface area (Å²) in [4.78, 5) is 5.65. The molecule has 2 heterocycles. The standard InChI is InChI=1S/C14H20F3N3/c1-10(2)12-9-20(7-3-6-18-12)11-4-5-13(19-8-11)14(15,16)17/h4-5,8,10,12,18H,3,6-7,9H2,1-2H3. The second-order valence-corrected chi connectivity index (χ2v) is 5.50. The lowest BCUT2D eigenvalue weighted by Crippen LogP contribution is -2.41. The molecule has 0 spiro atoms. The van der Waals surface area contributed by atoms with Gasteiger partial charge >= 0.3 is 6.18 Å². The van der Waals surface area contributed by atoms with E-state index in [4.69, 9.17) is 0 Å². The molecule has 1 unspecified atom stereocenters. The van der Waals surface area contributed by atoms with Crippen molar-refractivity contribution in [1.29, 1.82) is 0 Å². The van der Waals surface area contributed by atoms with Crippen molar-refractivity contribution in [3.8, 4) is 0 Å². The highest BCUT2D eigenvalue weighted by molar-refractivity contribution is 5.45. The number of nitrogens with zero attached hydrogens (tertiary/aromatic N) is 2. The fraction of sp³-hybridized carbons (Fsp3) is 0.643. The molecule has 1 atom stereocenters. The second kappa shape index (κ2) is 5.99. The molecule has 3 nitrogen and oxygen atoms in total. The highest BCUT2D eigenvalue weighted by Gasteiger charge is 2.32. The van der Waals surface area contributed by atoms with E-state index in [9.17, 15) is 13.2 Å². The molecule has 1 N–H and O–H groups in total. The van der Waals surface area contributed by atoms with Gasteiger partial charge in [-0.15, -0.1) is 0 Å². The first kappa shape index (κ1) is 15.1. The molecule has 1 aliphatic rings. The van der Waals surface area contributed by atoms with Gasteiger partial charge in [-0.3, -0.25) is 0 Å². The summed E-state index contributed by atoms with van der Waals surface area (Å²) < 4.78 is 37.5. The summed E-state index contributed by atoms with van der Waals surface area (Å²) in [5.74, 6) is 0.484. The highest BCUT2D eigenvalue weighted by Crippen LogP contribution is 2.28. The third-order valence-corrected chi connectivity index (χ3v) is 3.64. The van der Waals surface area contributed by atoms with Crippen molar-refractivity contribution in [1.82, 2.24) is 10.3 Å². The van der Waals surface area contributed by atoms with Crippen molar-refractivity contribution in [3.05, 3.63) is 24.0 Å². The Hall–Kier alpha value is -1.30. The predicted octanol–water partition coefficient (Wildman–Crippen LogP) is 2.92. The Morgan fingerprint density at radius 2 is 2.10 bits per heavy atom. The van der Waals surface area contributed by atoms with E-state index in [2.05, 4.69) is 29.0 Å². The van der Waals surface area contributed by atoms with E-state index >= 15 is 0 Å². The van der Waals surface area contributed by atoms with Crippen molar-refractivity contribution in [3.63, 3.8) is 0 Å². The van der Waals surface area contributed by atoms with E-state index in [1.54, 1.807) is 0 Å². The Labute approximate surface area is 117 Å². The van der Waals surface area contributed by atoms with E-state index in [0.29, 0.717) is 12.0 Å². The zero-order valence-corrected chi connectivity index (χ0v) is 11.7. The molecule has 0 saturated carbocycles. The van der Waals surface area contributed by atoms with Crippen molar-refractivity contribution < 1.29 is 13.2 Å². The molecular weight excluding hydrogens is 267 g/mol. The van der Waals surface area contributed by atoms with Gasteiger partial charge in [-0.25, -0.2) is 4.98 Å². The van der Waals surface area contributed by atoms with Crippen LogP contribution in [0.15, 0.2) is 18.3 Å². The van der Waals surface area contributed by atoms with Crippen LogP contribution in [0.5, 0.6) is 0 Å². The van der Waals surface area contributed by atoms with Gasteiger partial charge in [-0.1, -0.05) is 13.8 Å². The van der Waals surface area contributed by atoms with Crippen molar-refractivity contribution in [2.45, 2.75) is 32.5 Å². The lowest BCUT2D eigenvalue weighted by atomic mass is 10.0. The maximum Gasteiger partial charge on any atom is 0.433 e. The molecule has 2 rings (SSSR count). The first-order valence-electron chi connectivity index (χ1n) is 6.89. The van der Waals surface area contributed by atoms with E-state index in [1.165, 1.54) is 12.3 Å². The van der Waals surface area contributed by atoms with Crippen LogP contribution in [0.2, 0.25) is 0 Å². The van der Waals surface area contributed by atoms with E-state index in [-0.39, 0.29) is 0 Å². The molecular formula is C14H20F3N3. The Balaban J connectivity index is 2.13. The molecule has 0 radical (unpaired) electrons.